The van der Waals surface area contributed by atoms with Gasteiger partial charge in [0.25, 0.3) is 0 Å². The number of aliphatic hydroxyl groups is 1. The van der Waals surface area contributed by atoms with Crippen molar-refractivity contribution in [2.75, 3.05) is 13.2 Å². The molecule has 1 aromatic heterocycles. The van der Waals surface area contributed by atoms with E-state index in [0.29, 0.717) is 23.1 Å². The second-order valence-corrected chi connectivity index (χ2v) is 4.70. The average Bonchev–Trinajstić information content (AvgIpc) is 2.77. The van der Waals surface area contributed by atoms with E-state index in [9.17, 15) is 0 Å². The van der Waals surface area contributed by atoms with Gasteiger partial charge in [0.1, 0.15) is 11.5 Å². The molecule has 0 amide bonds. The molecule has 2 N–H and O–H groups in total. The van der Waals surface area contributed by atoms with E-state index in [4.69, 9.17) is 32.7 Å². The molecule has 1 heterocycles. The molecule has 0 atom stereocenters. The minimum atomic E-state index is 0. The first kappa shape index (κ1) is 16.3. The van der Waals surface area contributed by atoms with Crippen molar-refractivity contribution in [3.63, 3.8) is 0 Å². The van der Waals surface area contributed by atoms with Gasteiger partial charge >= 0.3 is 0 Å². The van der Waals surface area contributed by atoms with Crippen LogP contribution < -0.4 is 17.7 Å². The van der Waals surface area contributed by atoms with E-state index in [-0.39, 0.29) is 19.0 Å². The van der Waals surface area contributed by atoms with Gasteiger partial charge in [-0.2, -0.15) is 0 Å². The van der Waals surface area contributed by atoms with Crippen molar-refractivity contribution in [1.82, 2.24) is 5.32 Å². The number of hydrogen-bond donors (Lipinski definition) is 2. The second kappa shape index (κ2) is 7.78. The summed E-state index contributed by atoms with van der Waals surface area (Å²) in [7, 11) is 0. The number of benzene rings is 1. The molecule has 0 saturated heterocycles. The van der Waals surface area contributed by atoms with Crippen LogP contribution in [0.25, 0.3) is 11.3 Å². The Morgan fingerprint density at radius 3 is 2.42 bits per heavy atom. The largest absolute Gasteiger partial charge is 1.00 e. The molecule has 19 heavy (non-hydrogen) atoms. The predicted octanol–water partition coefficient (Wildman–Crippen LogP) is 0.339. The average molecular weight is 322 g/mol. The molecule has 0 fully saturated rings. The number of nitrogens with one attached hydrogen (secondary N) is 1. The summed E-state index contributed by atoms with van der Waals surface area (Å²) in [5, 5.41) is 12.9. The minimum Gasteiger partial charge on any atom is -1.00 e. The lowest BCUT2D eigenvalue weighted by Gasteiger charge is -2.01. The third kappa shape index (κ3) is 4.71. The van der Waals surface area contributed by atoms with Crippen LogP contribution in [0.15, 0.2) is 34.7 Å². The monoisotopic (exact) mass is 320 g/mol. The van der Waals surface area contributed by atoms with Crippen molar-refractivity contribution in [1.29, 1.82) is 0 Å². The molecule has 3 nitrogen and oxygen atoms in total. The van der Waals surface area contributed by atoms with Crippen molar-refractivity contribution >= 4 is 23.2 Å². The fraction of sp³-hybridized carbons (Fsp3) is 0.231. The van der Waals surface area contributed by atoms with Crippen LogP contribution in [-0.2, 0) is 6.54 Å². The summed E-state index contributed by atoms with van der Waals surface area (Å²) in [6.45, 7) is 1.23. The molecule has 0 spiro atoms. The van der Waals surface area contributed by atoms with Gasteiger partial charge in [0.05, 0.1) is 13.2 Å². The first-order chi connectivity index (χ1) is 8.69. The van der Waals surface area contributed by atoms with Gasteiger partial charge in [-0.15, -0.1) is 0 Å². The Hall–Kier alpha value is -0.710. The highest BCUT2D eigenvalue weighted by Crippen LogP contribution is 2.28. The summed E-state index contributed by atoms with van der Waals surface area (Å²) in [5.74, 6) is 1.52. The molecule has 0 aliphatic carbocycles. The molecule has 0 bridgehead atoms. The maximum atomic E-state index is 8.67. The molecule has 0 saturated carbocycles. The molecule has 2 aromatic rings. The van der Waals surface area contributed by atoms with Crippen LogP contribution in [0.4, 0.5) is 0 Å². The number of aliphatic hydroxyl groups excluding tert-OH is 1. The molecule has 0 aliphatic rings. The zero-order valence-corrected chi connectivity index (χ0v) is 12.3. The van der Waals surface area contributed by atoms with E-state index in [1.807, 2.05) is 12.1 Å². The summed E-state index contributed by atoms with van der Waals surface area (Å²) in [4.78, 5) is 0. The predicted molar refractivity (Wildman–Crippen MR) is 73.0 cm³/mol. The standard InChI is InChI=1S/C13H13Cl2NO2.ClH/c14-10-5-9(6-11(15)7-10)13-2-1-12(18-13)8-16-3-4-17;/h1-2,5-7,16-17H,3-4,8H2;1H/p-1. The second-order valence-electron chi connectivity index (χ2n) is 3.82. The zero-order valence-electron chi connectivity index (χ0n) is 10.00. The lowest BCUT2D eigenvalue weighted by atomic mass is 10.2. The Morgan fingerprint density at radius 2 is 1.79 bits per heavy atom. The fourth-order valence-electron chi connectivity index (χ4n) is 1.61. The van der Waals surface area contributed by atoms with Gasteiger partial charge in [-0.1, -0.05) is 23.2 Å². The van der Waals surface area contributed by atoms with Gasteiger partial charge in [0.15, 0.2) is 0 Å². The van der Waals surface area contributed by atoms with Crippen molar-refractivity contribution in [2.24, 2.45) is 0 Å². The lowest BCUT2D eigenvalue weighted by molar-refractivity contribution is -0.00000513. The third-order valence-corrected chi connectivity index (χ3v) is 2.83. The summed E-state index contributed by atoms with van der Waals surface area (Å²) < 4.78 is 5.66. The van der Waals surface area contributed by atoms with E-state index in [2.05, 4.69) is 5.32 Å². The Kier molecular flexibility index (Phi) is 6.69. The smallest absolute Gasteiger partial charge is 0.134 e. The molecule has 0 radical (unpaired) electrons. The zero-order chi connectivity index (χ0) is 13.0. The quantitative estimate of drug-likeness (QED) is 0.781. The van der Waals surface area contributed by atoms with Crippen molar-refractivity contribution in [3.05, 3.63) is 46.1 Å². The fourth-order valence-corrected chi connectivity index (χ4v) is 2.14. The first-order valence-electron chi connectivity index (χ1n) is 5.56. The van der Waals surface area contributed by atoms with Crippen LogP contribution in [0.1, 0.15) is 5.76 Å². The van der Waals surface area contributed by atoms with E-state index >= 15 is 0 Å². The van der Waals surface area contributed by atoms with E-state index in [1.54, 1.807) is 18.2 Å². The summed E-state index contributed by atoms with van der Waals surface area (Å²) in [6.07, 6.45) is 0. The van der Waals surface area contributed by atoms with Crippen molar-refractivity contribution in [2.45, 2.75) is 6.54 Å². The Bertz CT molecular complexity index is 508. The number of halogens is 3. The summed E-state index contributed by atoms with van der Waals surface area (Å²) >= 11 is 11.9. The number of rotatable bonds is 5. The van der Waals surface area contributed by atoms with Crippen LogP contribution >= 0.6 is 23.2 Å². The van der Waals surface area contributed by atoms with Crippen LogP contribution in [0.5, 0.6) is 0 Å². The van der Waals surface area contributed by atoms with E-state index in [0.717, 1.165) is 17.1 Å². The van der Waals surface area contributed by atoms with Gasteiger partial charge in [0, 0.05) is 22.2 Å². The van der Waals surface area contributed by atoms with Crippen LogP contribution in [-0.4, -0.2) is 18.3 Å². The van der Waals surface area contributed by atoms with E-state index in [1.165, 1.54) is 0 Å². The van der Waals surface area contributed by atoms with Crippen LogP contribution in [0, 0.1) is 0 Å². The molecule has 2 rings (SSSR count). The maximum absolute atomic E-state index is 8.67. The third-order valence-electron chi connectivity index (χ3n) is 2.40. The Morgan fingerprint density at radius 1 is 1.11 bits per heavy atom. The van der Waals surface area contributed by atoms with Gasteiger partial charge in [-0.05, 0) is 30.3 Å². The van der Waals surface area contributed by atoms with Gasteiger partial charge in [-0.3, -0.25) is 0 Å². The summed E-state index contributed by atoms with van der Waals surface area (Å²) in [6, 6.07) is 9.04. The van der Waals surface area contributed by atoms with Crippen molar-refractivity contribution in [3.8, 4) is 11.3 Å². The van der Waals surface area contributed by atoms with Crippen LogP contribution in [0.2, 0.25) is 10.0 Å². The molecule has 1 aromatic carbocycles. The van der Waals surface area contributed by atoms with E-state index < -0.39 is 0 Å². The van der Waals surface area contributed by atoms with Gasteiger partial charge in [-0.25, -0.2) is 0 Å². The number of hydrogen-bond acceptors (Lipinski definition) is 3. The SMILES string of the molecule is OCCNCc1ccc(-c2cc(Cl)cc(Cl)c2)o1.[Cl-]. The normalized spacial score (nSPS) is 10.3. The minimum absolute atomic E-state index is 0. The van der Waals surface area contributed by atoms with Gasteiger partial charge in [0.2, 0.25) is 0 Å². The highest BCUT2D eigenvalue weighted by molar-refractivity contribution is 6.35. The van der Waals surface area contributed by atoms with Crippen molar-refractivity contribution < 1.29 is 21.9 Å². The summed E-state index contributed by atoms with van der Waals surface area (Å²) in [5.41, 5.74) is 0.848. The molecule has 6 heteroatoms. The highest BCUT2D eigenvalue weighted by Gasteiger charge is 2.06. The number of furan rings is 1. The highest BCUT2D eigenvalue weighted by atomic mass is 35.5. The topological polar surface area (TPSA) is 45.4 Å². The molecule has 0 unspecified atom stereocenters. The molecule has 0 aliphatic heterocycles. The Balaban J connectivity index is 0.00000180. The lowest BCUT2D eigenvalue weighted by Crippen LogP contribution is -3.00. The maximum Gasteiger partial charge on any atom is 0.134 e. The molecule has 104 valence electrons. The van der Waals surface area contributed by atoms with Crippen LogP contribution in [0.3, 0.4) is 0 Å². The van der Waals surface area contributed by atoms with Gasteiger partial charge < -0.3 is 27.2 Å². The molecular formula is C13H13Cl3NO2-. The first-order valence-corrected chi connectivity index (χ1v) is 6.31. The Labute approximate surface area is 127 Å². The molecular weight excluding hydrogens is 309 g/mol.